The number of methoxy groups -OCH3 is 1. The van der Waals surface area contributed by atoms with Crippen molar-refractivity contribution in [1.29, 1.82) is 0 Å². The minimum atomic E-state index is -3.91. The lowest BCUT2D eigenvalue weighted by molar-refractivity contribution is -0.380. The van der Waals surface area contributed by atoms with Gasteiger partial charge in [-0.15, -0.1) is 0 Å². The zero-order chi connectivity index (χ0) is 22.4. The summed E-state index contributed by atoms with van der Waals surface area (Å²) >= 11 is 0.944. The van der Waals surface area contributed by atoms with E-state index >= 15 is 0 Å². The zero-order valence-corrected chi connectivity index (χ0v) is 17.6. The molecule has 0 saturated heterocycles. The predicted molar refractivity (Wildman–Crippen MR) is 117 cm³/mol. The van der Waals surface area contributed by atoms with Gasteiger partial charge in [0.25, 0.3) is 10.0 Å². The van der Waals surface area contributed by atoms with Crippen molar-refractivity contribution in [3.8, 4) is 5.75 Å². The topological polar surface area (TPSA) is 141 Å². The molecule has 0 radical (unpaired) electrons. The van der Waals surface area contributed by atoms with Crippen LogP contribution in [0.5, 0.6) is 5.75 Å². The fraction of sp³-hybridized carbons (Fsp3) is 0.0526. The minimum Gasteiger partial charge on any atom is -0.493 e. The van der Waals surface area contributed by atoms with Crippen molar-refractivity contribution < 1.29 is 22.9 Å². The van der Waals surface area contributed by atoms with Crippen LogP contribution in [0.15, 0.2) is 65.7 Å². The maximum atomic E-state index is 12.6. The van der Waals surface area contributed by atoms with Gasteiger partial charge in [0, 0.05) is 28.9 Å². The number of nitro groups is 1. The van der Waals surface area contributed by atoms with Gasteiger partial charge in [0.1, 0.15) is 0 Å². The van der Waals surface area contributed by atoms with Crippen LogP contribution in [-0.2, 0) is 14.8 Å². The third-order valence-electron chi connectivity index (χ3n) is 3.85. The van der Waals surface area contributed by atoms with Gasteiger partial charge in [-0.3, -0.25) is 19.6 Å². The molecule has 0 atom stereocenters. The lowest BCUT2D eigenvalue weighted by Gasteiger charge is -2.11. The molecule has 0 bridgehead atoms. The second kappa shape index (κ2) is 9.36. The Morgan fingerprint density at radius 1 is 1.19 bits per heavy atom. The van der Waals surface area contributed by atoms with Gasteiger partial charge in [-0.05, 0) is 48.5 Å². The molecule has 0 fully saturated rings. The molecule has 160 valence electrons. The monoisotopic (exact) mass is 460 g/mol. The number of benzene rings is 1. The molecule has 2 N–H and O–H groups in total. The summed E-state index contributed by atoms with van der Waals surface area (Å²) in [5, 5.41) is 13.2. The fourth-order valence-corrected chi connectivity index (χ4v) is 4.15. The largest absolute Gasteiger partial charge is 0.493 e. The normalized spacial score (nSPS) is 11.3. The Labute approximate surface area is 181 Å². The van der Waals surface area contributed by atoms with Crippen LogP contribution in [0.3, 0.4) is 0 Å². The van der Waals surface area contributed by atoms with Crippen LogP contribution >= 0.6 is 11.3 Å². The summed E-state index contributed by atoms with van der Waals surface area (Å²) in [6, 6.07) is 11.6. The van der Waals surface area contributed by atoms with E-state index in [-0.39, 0.29) is 21.5 Å². The summed E-state index contributed by atoms with van der Waals surface area (Å²) in [6.45, 7) is 0. The second-order valence-corrected chi connectivity index (χ2v) is 8.72. The van der Waals surface area contributed by atoms with Crippen LogP contribution in [0.25, 0.3) is 6.08 Å². The summed E-state index contributed by atoms with van der Waals surface area (Å²) in [4.78, 5) is 26.7. The SMILES string of the molecule is COc1cccnc1NS(=O)(=O)c1ccc(NC(=O)/C=C/c2ccc([N+](=O)[O-])s2)cc1. The van der Waals surface area contributed by atoms with Gasteiger partial charge in [-0.25, -0.2) is 13.4 Å². The molecular formula is C19H16N4O6S2. The number of thiophene rings is 1. The molecule has 0 aliphatic carbocycles. The third kappa shape index (κ3) is 5.65. The van der Waals surface area contributed by atoms with Crippen molar-refractivity contribution in [2.45, 2.75) is 4.90 Å². The molecule has 0 aliphatic rings. The number of nitrogens with one attached hydrogen (secondary N) is 2. The molecule has 0 aliphatic heterocycles. The molecule has 0 spiro atoms. The van der Waals surface area contributed by atoms with Gasteiger partial charge < -0.3 is 10.1 Å². The number of aromatic nitrogens is 1. The number of hydrogen-bond donors (Lipinski definition) is 2. The number of sulfonamides is 1. The molecule has 0 unspecified atom stereocenters. The molecule has 3 rings (SSSR count). The van der Waals surface area contributed by atoms with E-state index in [0.29, 0.717) is 10.6 Å². The molecule has 10 nitrogen and oxygen atoms in total. The number of nitrogens with zero attached hydrogens (tertiary/aromatic N) is 2. The van der Waals surface area contributed by atoms with Crippen molar-refractivity contribution in [3.05, 3.63) is 75.8 Å². The Morgan fingerprint density at radius 2 is 1.94 bits per heavy atom. The first-order valence-electron chi connectivity index (χ1n) is 8.63. The van der Waals surface area contributed by atoms with Crippen LogP contribution in [0, 0.1) is 10.1 Å². The molecule has 1 amide bonds. The average Bonchev–Trinajstić information content (AvgIpc) is 3.22. The fourth-order valence-electron chi connectivity index (χ4n) is 2.41. The standard InChI is InChI=1S/C19H16N4O6S2/c1-29-16-3-2-12-20-19(16)22-31(27,28)15-8-4-13(5-9-15)21-17(24)10-6-14-7-11-18(30-14)23(25)26/h2-12H,1H3,(H,20,22)(H,21,24)/b10-6+. The van der Waals surface area contributed by atoms with Crippen molar-refractivity contribution in [2.24, 2.45) is 0 Å². The Hall–Kier alpha value is -3.77. The molecular weight excluding hydrogens is 444 g/mol. The first-order valence-corrected chi connectivity index (χ1v) is 10.9. The van der Waals surface area contributed by atoms with Crippen LogP contribution < -0.4 is 14.8 Å². The van der Waals surface area contributed by atoms with E-state index in [2.05, 4.69) is 15.0 Å². The molecule has 2 heterocycles. The van der Waals surface area contributed by atoms with Crippen LogP contribution in [0.2, 0.25) is 0 Å². The molecule has 31 heavy (non-hydrogen) atoms. The van der Waals surface area contributed by atoms with Gasteiger partial charge in [0.2, 0.25) is 5.91 Å². The van der Waals surface area contributed by atoms with Crippen LogP contribution in [-0.4, -0.2) is 31.3 Å². The number of carbonyl (C=O) groups excluding carboxylic acids is 1. The van der Waals surface area contributed by atoms with E-state index in [4.69, 9.17) is 4.74 Å². The van der Waals surface area contributed by atoms with E-state index in [1.54, 1.807) is 12.1 Å². The Bertz CT molecular complexity index is 1240. The summed E-state index contributed by atoms with van der Waals surface area (Å²) in [5.41, 5.74) is 0.376. The number of amides is 1. The lowest BCUT2D eigenvalue weighted by atomic mass is 10.3. The van der Waals surface area contributed by atoms with E-state index in [9.17, 15) is 23.3 Å². The van der Waals surface area contributed by atoms with Gasteiger partial charge in [-0.1, -0.05) is 11.3 Å². The average molecular weight is 460 g/mol. The molecule has 12 heteroatoms. The first-order chi connectivity index (χ1) is 14.8. The number of anilines is 2. The van der Waals surface area contributed by atoms with Gasteiger partial charge >= 0.3 is 5.00 Å². The van der Waals surface area contributed by atoms with E-state index < -0.39 is 20.9 Å². The van der Waals surface area contributed by atoms with Crippen molar-refractivity contribution in [2.75, 3.05) is 17.1 Å². The molecule has 0 saturated carbocycles. The van der Waals surface area contributed by atoms with Crippen LogP contribution in [0.1, 0.15) is 4.88 Å². The second-order valence-electron chi connectivity index (χ2n) is 5.94. The number of rotatable bonds is 8. The van der Waals surface area contributed by atoms with Crippen molar-refractivity contribution in [1.82, 2.24) is 4.98 Å². The van der Waals surface area contributed by atoms with Gasteiger partial charge in [0.05, 0.1) is 16.9 Å². The minimum absolute atomic E-state index is 0.0196. The maximum Gasteiger partial charge on any atom is 0.324 e. The highest BCUT2D eigenvalue weighted by Gasteiger charge is 2.17. The first kappa shape index (κ1) is 21.9. The smallest absolute Gasteiger partial charge is 0.324 e. The third-order valence-corrected chi connectivity index (χ3v) is 6.20. The Kier molecular flexibility index (Phi) is 6.62. The lowest BCUT2D eigenvalue weighted by Crippen LogP contribution is -2.15. The maximum absolute atomic E-state index is 12.6. The molecule has 1 aromatic carbocycles. The van der Waals surface area contributed by atoms with Gasteiger partial charge in [0.15, 0.2) is 11.6 Å². The number of hydrogen-bond acceptors (Lipinski definition) is 8. The quantitative estimate of drug-likeness (QED) is 0.298. The predicted octanol–water partition coefficient (Wildman–Crippen LogP) is 3.51. The highest BCUT2D eigenvalue weighted by Crippen LogP contribution is 2.25. The summed E-state index contributed by atoms with van der Waals surface area (Å²) < 4.78 is 32.6. The van der Waals surface area contributed by atoms with Crippen LogP contribution in [0.4, 0.5) is 16.5 Å². The zero-order valence-electron chi connectivity index (χ0n) is 16.0. The van der Waals surface area contributed by atoms with Gasteiger partial charge in [-0.2, -0.15) is 0 Å². The molecule has 3 aromatic rings. The van der Waals surface area contributed by atoms with E-state index in [0.717, 1.165) is 11.3 Å². The number of carbonyl (C=O) groups is 1. The molecule has 2 aromatic heterocycles. The summed E-state index contributed by atoms with van der Waals surface area (Å²) in [5.74, 6) is -0.137. The Balaban J connectivity index is 1.65. The van der Waals surface area contributed by atoms with E-state index in [1.807, 2.05) is 0 Å². The number of ether oxygens (including phenoxy) is 1. The Morgan fingerprint density at radius 3 is 2.58 bits per heavy atom. The number of pyridine rings is 1. The summed E-state index contributed by atoms with van der Waals surface area (Å²) in [7, 11) is -2.51. The van der Waals surface area contributed by atoms with E-state index in [1.165, 1.54) is 61.9 Å². The highest BCUT2D eigenvalue weighted by atomic mass is 32.2. The highest BCUT2D eigenvalue weighted by molar-refractivity contribution is 7.92. The van der Waals surface area contributed by atoms with Crippen molar-refractivity contribution >= 4 is 49.8 Å². The van der Waals surface area contributed by atoms with Crippen molar-refractivity contribution in [3.63, 3.8) is 0 Å². The summed E-state index contributed by atoms with van der Waals surface area (Å²) in [6.07, 6.45) is 4.12.